The summed E-state index contributed by atoms with van der Waals surface area (Å²) in [6.45, 7) is 3.53. The molecular weight excluding hydrogens is 576 g/mol. The second kappa shape index (κ2) is 12.1. The van der Waals surface area contributed by atoms with Crippen LogP contribution in [0.5, 0.6) is 17.2 Å². The Labute approximate surface area is 251 Å². The van der Waals surface area contributed by atoms with Crippen LogP contribution < -0.4 is 14.2 Å². The molecule has 3 aliphatic heterocycles. The molecule has 1 unspecified atom stereocenters. The van der Waals surface area contributed by atoms with Crippen molar-refractivity contribution in [2.24, 2.45) is 0 Å². The minimum absolute atomic E-state index is 0.0394. The first kappa shape index (κ1) is 29.3. The second-order valence-electron chi connectivity index (χ2n) is 10.2. The summed E-state index contributed by atoms with van der Waals surface area (Å²) in [6, 6.07) is 15.8. The molecule has 0 spiro atoms. The van der Waals surface area contributed by atoms with Gasteiger partial charge in [-0.1, -0.05) is 24.8 Å². The zero-order chi connectivity index (χ0) is 31.0. The van der Waals surface area contributed by atoms with Gasteiger partial charge in [-0.3, -0.25) is 24.6 Å². The molecule has 0 saturated carbocycles. The van der Waals surface area contributed by atoms with Gasteiger partial charge in [-0.05, 0) is 48.5 Å². The number of hydrogen-bond donors (Lipinski definition) is 1. The summed E-state index contributed by atoms with van der Waals surface area (Å²) in [4.78, 5) is 39.1. The van der Waals surface area contributed by atoms with E-state index in [1.54, 1.807) is 42.5 Å². The van der Waals surface area contributed by atoms with Crippen molar-refractivity contribution >= 4 is 17.5 Å². The molecule has 2 amide bonds. The number of hydrogen-bond acceptors (Lipinski definition) is 11. The Hall–Kier alpha value is -4.82. The summed E-state index contributed by atoms with van der Waals surface area (Å²) < 4.78 is 34.9. The molecule has 2 saturated heterocycles. The summed E-state index contributed by atoms with van der Waals surface area (Å²) in [5.41, 5.74) is 0.358. The fraction of sp³-hybridized carbons (Fsp3) is 0.290. The zero-order valence-corrected chi connectivity index (χ0v) is 23.4. The number of nitro benzene ring substituents is 1. The number of benzene rings is 3. The molecule has 1 N–H and O–H groups in total. The normalized spacial score (nSPS) is 26.0. The Morgan fingerprint density at radius 3 is 2.36 bits per heavy atom. The third kappa shape index (κ3) is 5.26. The predicted octanol–water partition coefficient (Wildman–Crippen LogP) is 3.41. The van der Waals surface area contributed by atoms with Crippen molar-refractivity contribution in [2.75, 3.05) is 20.3 Å². The van der Waals surface area contributed by atoms with E-state index in [0.717, 1.165) is 4.90 Å². The number of rotatable bonds is 9. The van der Waals surface area contributed by atoms with E-state index in [2.05, 4.69) is 6.58 Å². The number of carbonyl (C=O) groups is 2. The molecule has 13 heteroatoms. The van der Waals surface area contributed by atoms with Crippen molar-refractivity contribution in [3.05, 3.63) is 106 Å². The third-order valence-corrected chi connectivity index (χ3v) is 7.58. The molecule has 2 fully saturated rings. The maximum atomic E-state index is 13.5. The Kier molecular flexibility index (Phi) is 8.01. The number of ether oxygens (including phenoxy) is 6. The van der Waals surface area contributed by atoms with Crippen LogP contribution >= 0.6 is 0 Å². The SMILES string of the molecule is C=CCOc1ccc(C2OC[C@H]3O[C@@H](Oc4ccc(OC)cc4)[C@H](N4C(=O)c5ccccc5C4=O)[C@@H](O)[C@@H]3O2)cc1[N+](=O)[O-]. The lowest BCUT2D eigenvalue weighted by Gasteiger charge is -2.49. The van der Waals surface area contributed by atoms with E-state index in [1.807, 2.05) is 0 Å². The van der Waals surface area contributed by atoms with Crippen molar-refractivity contribution in [1.29, 1.82) is 0 Å². The van der Waals surface area contributed by atoms with Crippen molar-refractivity contribution in [2.45, 2.75) is 36.9 Å². The van der Waals surface area contributed by atoms with Gasteiger partial charge in [-0.15, -0.1) is 0 Å². The number of amides is 2. The fourth-order valence-electron chi connectivity index (χ4n) is 5.48. The number of methoxy groups -OCH3 is 1. The van der Waals surface area contributed by atoms with E-state index in [4.69, 9.17) is 28.4 Å². The Bertz CT molecular complexity index is 1560. The lowest BCUT2D eigenvalue weighted by molar-refractivity contribution is -0.386. The Morgan fingerprint density at radius 2 is 1.73 bits per heavy atom. The van der Waals surface area contributed by atoms with Gasteiger partial charge in [0, 0.05) is 11.6 Å². The van der Waals surface area contributed by atoms with Gasteiger partial charge in [0.05, 0.1) is 29.8 Å². The lowest BCUT2D eigenvalue weighted by Crippen LogP contribution is -2.68. The van der Waals surface area contributed by atoms with E-state index in [-0.39, 0.29) is 35.8 Å². The number of nitrogens with zero attached hydrogens (tertiary/aromatic N) is 2. The molecule has 0 radical (unpaired) electrons. The highest BCUT2D eigenvalue weighted by molar-refractivity contribution is 6.21. The first-order chi connectivity index (χ1) is 21.3. The standard InChI is InChI=1S/C31H28N2O11/c1-3-14-40-23-13-8-17(15-22(23)33(37)38)30-41-16-24-27(44-30)26(34)25(31(43-24)42-19-11-9-18(39-2)10-12-19)32-28(35)20-6-4-5-7-21(20)29(32)36/h3-13,15,24-27,30-31,34H,1,14,16H2,2H3/t24-,25-,26-,27-,30?,31-/m1/s1. The van der Waals surface area contributed by atoms with Gasteiger partial charge in [-0.25, -0.2) is 0 Å². The van der Waals surface area contributed by atoms with Crippen LogP contribution in [0.15, 0.2) is 79.4 Å². The molecule has 3 aliphatic rings. The van der Waals surface area contributed by atoms with Crippen LogP contribution in [0.4, 0.5) is 5.69 Å². The molecule has 3 aromatic carbocycles. The third-order valence-electron chi connectivity index (χ3n) is 7.58. The first-order valence-corrected chi connectivity index (χ1v) is 13.7. The molecule has 6 rings (SSSR count). The van der Waals surface area contributed by atoms with E-state index < -0.39 is 53.7 Å². The smallest absolute Gasteiger partial charge is 0.311 e. The van der Waals surface area contributed by atoms with Gasteiger partial charge in [0.15, 0.2) is 12.0 Å². The minimum atomic E-state index is -1.49. The van der Waals surface area contributed by atoms with Crippen LogP contribution in [-0.2, 0) is 14.2 Å². The average molecular weight is 605 g/mol. The average Bonchev–Trinajstić information content (AvgIpc) is 3.29. The number of fused-ring (bicyclic) bond motifs is 2. The van der Waals surface area contributed by atoms with Crippen LogP contribution in [0.1, 0.15) is 32.6 Å². The summed E-state index contributed by atoms with van der Waals surface area (Å²) in [7, 11) is 1.52. The Balaban J connectivity index is 1.30. The van der Waals surface area contributed by atoms with Crippen LogP contribution in [0.25, 0.3) is 0 Å². The molecule has 44 heavy (non-hydrogen) atoms. The Morgan fingerprint density at radius 1 is 1.05 bits per heavy atom. The van der Waals surface area contributed by atoms with Crippen molar-refractivity contribution in [3.8, 4) is 17.2 Å². The zero-order valence-electron chi connectivity index (χ0n) is 23.4. The van der Waals surface area contributed by atoms with Crippen molar-refractivity contribution in [3.63, 3.8) is 0 Å². The van der Waals surface area contributed by atoms with Gasteiger partial charge in [0.1, 0.15) is 42.5 Å². The summed E-state index contributed by atoms with van der Waals surface area (Å²) in [6.07, 6.45) is -4.44. The van der Waals surface area contributed by atoms with Crippen molar-refractivity contribution < 1.29 is 48.0 Å². The number of aliphatic hydroxyl groups is 1. The summed E-state index contributed by atoms with van der Waals surface area (Å²) in [5, 5.41) is 23.5. The van der Waals surface area contributed by atoms with E-state index in [1.165, 1.54) is 37.5 Å². The van der Waals surface area contributed by atoms with Crippen LogP contribution in [0.2, 0.25) is 0 Å². The number of nitro groups is 1. The predicted molar refractivity (Wildman–Crippen MR) is 151 cm³/mol. The lowest BCUT2D eigenvalue weighted by atomic mass is 9.94. The number of imide groups is 1. The highest BCUT2D eigenvalue weighted by atomic mass is 16.7. The number of carbonyl (C=O) groups excluding carboxylic acids is 2. The molecule has 0 bridgehead atoms. The van der Waals surface area contributed by atoms with Crippen LogP contribution in [-0.4, -0.2) is 77.7 Å². The van der Waals surface area contributed by atoms with Crippen molar-refractivity contribution in [1.82, 2.24) is 4.90 Å². The molecule has 3 heterocycles. The topological polar surface area (TPSA) is 156 Å². The van der Waals surface area contributed by atoms with Crippen LogP contribution in [0.3, 0.4) is 0 Å². The van der Waals surface area contributed by atoms with E-state index in [9.17, 15) is 24.8 Å². The van der Waals surface area contributed by atoms with Gasteiger partial charge in [0.2, 0.25) is 6.29 Å². The first-order valence-electron chi connectivity index (χ1n) is 13.7. The van der Waals surface area contributed by atoms with Gasteiger partial charge in [0.25, 0.3) is 11.8 Å². The van der Waals surface area contributed by atoms with Crippen LogP contribution in [0, 0.1) is 10.1 Å². The minimum Gasteiger partial charge on any atom is -0.497 e. The number of aliphatic hydroxyl groups excluding tert-OH is 1. The summed E-state index contributed by atoms with van der Waals surface area (Å²) >= 11 is 0. The van der Waals surface area contributed by atoms with Gasteiger partial charge >= 0.3 is 5.69 Å². The molecule has 228 valence electrons. The van der Waals surface area contributed by atoms with E-state index in [0.29, 0.717) is 17.1 Å². The fourth-order valence-corrected chi connectivity index (χ4v) is 5.48. The quantitative estimate of drug-likeness (QED) is 0.165. The molecule has 13 nitrogen and oxygen atoms in total. The molecule has 0 aliphatic carbocycles. The maximum absolute atomic E-state index is 13.5. The largest absolute Gasteiger partial charge is 0.497 e. The molecule has 3 aromatic rings. The molecular formula is C31H28N2O11. The molecule has 6 atom stereocenters. The maximum Gasteiger partial charge on any atom is 0.311 e. The second-order valence-corrected chi connectivity index (χ2v) is 10.2. The summed E-state index contributed by atoms with van der Waals surface area (Å²) in [5.74, 6) is -0.273. The molecule has 0 aromatic heterocycles. The van der Waals surface area contributed by atoms with Gasteiger partial charge in [-0.2, -0.15) is 0 Å². The van der Waals surface area contributed by atoms with E-state index >= 15 is 0 Å². The monoisotopic (exact) mass is 604 g/mol. The highest BCUT2D eigenvalue weighted by Gasteiger charge is 2.56. The van der Waals surface area contributed by atoms with Gasteiger partial charge < -0.3 is 33.5 Å². The highest BCUT2D eigenvalue weighted by Crippen LogP contribution is 2.40.